The molecule has 0 aliphatic carbocycles. The van der Waals surface area contributed by atoms with Gasteiger partial charge in [-0.1, -0.05) is 0 Å². The highest BCUT2D eigenvalue weighted by molar-refractivity contribution is 5.88. The number of methoxy groups -OCH3 is 1. The number of nitrogens with zero attached hydrogens (tertiary/aromatic N) is 1. The summed E-state index contributed by atoms with van der Waals surface area (Å²) in [5.74, 6) is 0.404. The Morgan fingerprint density at radius 1 is 1.35 bits per heavy atom. The van der Waals surface area contributed by atoms with E-state index in [4.69, 9.17) is 10.00 Å². The molecule has 3 nitrogen and oxygen atoms in total. The smallest absolute Gasteiger partial charge is 0.432 e. The molecule has 0 saturated carbocycles. The molecule has 0 radical (unpaired) electrons. The number of fused-ring (bicyclic) bond motifs is 1. The van der Waals surface area contributed by atoms with Gasteiger partial charge in [0.05, 0.1) is 12.7 Å². The van der Waals surface area contributed by atoms with Crippen LogP contribution in [0.4, 0.5) is 13.2 Å². The Morgan fingerprint density at radius 3 is 2.59 bits per heavy atom. The van der Waals surface area contributed by atoms with Gasteiger partial charge in [0.15, 0.2) is 0 Å². The zero-order chi connectivity index (χ0) is 12.6. The molecular formula is C11H7F3N2O. The van der Waals surface area contributed by atoms with E-state index in [-0.39, 0.29) is 10.9 Å². The second-order valence-corrected chi connectivity index (χ2v) is 3.40. The average molecular weight is 240 g/mol. The molecule has 0 unspecified atom stereocenters. The van der Waals surface area contributed by atoms with Crippen molar-refractivity contribution in [1.82, 2.24) is 4.98 Å². The number of benzene rings is 1. The van der Waals surface area contributed by atoms with Gasteiger partial charge in [-0.15, -0.1) is 0 Å². The fraction of sp³-hybridized carbons (Fsp3) is 0.182. The third-order valence-electron chi connectivity index (χ3n) is 2.40. The van der Waals surface area contributed by atoms with Crippen molar-refractivity contribution in [3.05, 3.63) is 29.5 Å². The van der Waals surface area contributed by atoms with E-state index in [0.29, 0.717) is 5.75 Å². The van der Waals surface area contributed by atoms with Gasteiger partial charge < -0.3 is 9.72 Å². The number of halogens is 3. The number of nitrogens with one attached hydrogen (secondary N) is 1. The fourth-order valence-corrected chi connectivity index (χ4v) is 1.63. The van der Waals surface area contributed by atoms with Gasteiger partial charge in [0.2, 0.25) is 0 Å². The summed E-state index contributed by atoms with van der Waals surface area (Å²) in [6.45, 7) is 0. The predicted molar refractivity (Wildman–Crippen MR) is 54.6 cm³/mol. The van der Waals surface area contributed by atoms with E-state index in [1.54, 1.807) is 6.07 Å². The molecule has 1 aromatic carbocycles. The Kier molecular flexibility index (Phi) is 2.46. The van der Waals surface area contributed by atoms with Gasteiger partial charge in [0.1, 0.15) is 17.5 Å². The summed E-state index contributed by atoms with van der Waals surface area (Å²) in [6.07, 6.45) is -4.57. The summed E-state index contributed by atoms with van der Waals surface area (Å²) in [6, 6.07) is 5.95. The summed E-state index contributed by atoms with van der Waals surface area (Å²) < 4.78 is 42.8. The van der Waals surface area contributed by atoms with E-state index in [0.717, 1.165) is 0 Å². The summed E-state index contributed by atoms with van der Waals surface area (Å²) in [5.41, 5.74) is -1.18. The number of aromatic nitrogens is 1. The maximum Gasteiger partial charge on any atom is 0.432 e. The third-order valence-corrected chi connectivity index (χ3v) is 2.40. The van der Waals surface area contributed by atoms with Crippen molar-refractivity contribution in [2.75, 3.05) is 7.11 Å². The molecular weight excluding hydrogens is 233 g/mol. The van der Waals surface area contributed by atoms with Crippen LogP contribution in [0.5, 0.6) is 5.75 Å². The van der Waals surface area contributed by atoms with Crippen LogP contribution >= 0.6 is 0 Å². The lowest BCUT2D eigenvalue weighted by Gasteiger charge is -2.02. The van der Waals surface area contributed by atoms with E-state index in [9.17, 15) is 13.2 Å². The Hall–Kier alpha value is -2.16. The molecule has 0 amide bonds. The molecule has 0 atom stereocenters. The monoisotopic (exact) mass is 240 g/mol. The highest BCUT2D eigenvalue weighted by Gasteiger charge is 2.36. The van der Waals surface area contributed by atoms with Crippen molar-refractivity contribution >= 4 is 10.9 Å². The van der Waals surface area contributed by atoms with Crippen LogP contribution in [-0.2, 0) is 6.18 Å². The maximum absolute atomic E-state index is 12.6. The summed E-state index contributed by atoms with van der Waals surface area (Å²) in [4.78, 5) is 2.20. The highest BCUT2D eigenvalue weighted by atomic mass is 19.4. The summed E-state index contributed by atoms with van der Waals surface area (Å²) >= 11 is 0. The van der Waals surface area contributed by atoms with Crippen LogP contribution in [0.3, 0.4) is 0 Å². The zero-order valence-corrected chi connectivity index (χ0v) is 8.72. The molecule has 6 heteroatoms. The van der Waals surface area contributed by atoms with Crippen molar-refractivity contribution in [2.24, 2.45) is 0 Å². The second kappa shape index (κ2) is 3.70. The minimum Gasteiger partial charge on any atom is -0.497 e. The Labute approximate surface area is 94.4 Å². The van der Waals surface area contributed by atoms with E-state index in [1.807, 2.05) is 0 Å². The summed E-state index contributed by atoms with van der Waals surface area (Å²) in [7, 11) is 1.41. The molecule has 0 fully saturated rings. The van der Waals surface area contributed by atoms with Crippen molar-refractivity contribution in [1.29, 1.82) is 5.26 Å². The molecule has 1 aromatic heterocycles. The first-order valence-corrected chi connectivity index (χ1v) is 4.64. The number of H-pyrrole nitrogens is 1. The van der Waals surface area contributed by atoms with Gasteiger partial charge in [0.25, 0.3) is 0 Å². The third kappa shape index (κ3) is 1.80. The van der Waals surface area contributed by atoms with Crippen LogP contribution in [-0.4, -0.2) is 12.1 Å². The number of nitriles is 1. The normalized spacial score (nSPS) is 11.5. The fourth-order valence-electron chi connectivity index (χ4n) is 1.63. The Bertz CT molecular complexity index is 607. The van der Waals surface area contributed by atoms with Crippen molar-refractivity contribution in [3.8, 4) is 11.8 Å². The van der Waals surface area contributed by atoms with Crippen LogP contribution in [0, 0.1) is 11.3 Å². The van der Waals surface area contributed by atoms with E-state index in [2.05, 4.69) is 4.98 Å². The first-order valence-electron chi connectivity index (χ1n) is 4.64. The summed E-state index contributed by atoms with van der Waals surface area (Å²) in [5, 5.41) is 9.03. The number of hydrogen-bond donors (Lipinski definition) is 1. The standard InChI is InChI=1S/C11H7F3N2O/c1-17-6-2-3-9-7(4-6)8(5-15)10(16-9)11(12,13)14/h2-4,16H,1H3. The number of alkyl halides is 3. The minimum absolute atomic E-state index is 0.208. The maximum atomic E-state index is 12.6. The molecule has 1 heterocycles. The Balaban J connectivity index is 2.78. The molecule has 1 N–H and O–H groups in total. The van der Waals surface area contributed by atoms with Gasteiger partial charge in [-0.3, -0.25) is 0 Å². The van der Waals surface area contributed by atoms with E-state index < -0.39 is 17.4 Å². The molecule has 0 aliphatic heterocycles. The van der Waals surface area contributed by atoms with Gasteiger partial charge in [-0.2, -0.15) is 18.4 Å². The lowest BCUT2D eigenvalue weighted by Crippen LogP contribution is -2.07. The van der Waals surface area contributed by atoms with Gasteiger partial charge >= 0.3 is 6.18 Å². The van der Waals surface area contributed by atoms with Gasteiger partial charge in [0, 0.05) is 10.9 Å². The largest absolute Gasteiger partial charge is 0.497 e. The lowest BCUT2D eigenvalue weighted by atomic mass is 10.1. The average Bonchev–Trinajstić information content (AvgIpc) is 2.65. The van der Waals surface area contributed by atoms with Crippen molar-refractivity contribution in [2.45, 2.75) is 6.18 Å². The number of hydrogen-bond acceptors (Lipinski definition) is 2. The van der Waals surface area contributed by atoms with Crippen LogP contribution in [0.1, 0.15) is 11.3 Å². The SMILES string of the molecule is COc1ccc2[nH]c(C(F)(F)F)c(C#N)c2c1. The van der Waals surface area contributed by atoms with Gasteiger partial charge in [-0.25, -0.2) is 0 Å². The first kappa shape index (κ1) is 11.3. The quantitative estimate of drug-likeness (QED) is 0.832. The topological polar surface area (TPSA) is 48.8 Å². The molecule has 2 aromatic rings. The van der Waals surface area contributed by atoms with E-state index >= 15 is 0 Å². The van der Waals surface area contributed by atoms with Gasteiger partial charge in [-0.05, 0) is 18.2 Å². The number of ether oxygens (including phenoxy) is 1. The van der Waals surface area contributed by atoms with Crippen LogP contribution in [0.2, 0.25) is 0 Å². The number of aromatic amines is 1. The van der Waals surface area contributed by atoms with Crippen molar-refractivity contribution < 1.29 is 17.9 Å². The minimum atomic E-state index is -4.57. The molecule has 2 rings (SSSR count). The number of rotatable bonds is 1. The molecule has 88 valence electrons. The molecule has 0 spiro atoms. The molecule has 17 heavy (non-hydrogen) atoms. The van der Waals surface area contributed by atoms with Crippen LogP contribution in [0.25, 0.3) is 10.9 Å². The first-order chi connectivity index (χ1) is 7.97. The molecule has 0 bridgehead atoms. The lowest BCUT2D eigenvalue weighted by molar-refractivity contribution is -0.140. The Morgan fingerprint density at radius 2 is 2.06 bits per heavy atom. The van der Waals surface area contributed by atoms with Crippen molar-refractivity contribution in [3.63, 3.8) is 0 Å². The van der Waals surface area contributed by atoms with E-state index in [1.165, 1.54) is 25.3 Å². The molecule has 0 saturated heterocycles. The predicted octanol–water partition coefficient (Wildman–Crippen LogP) is 3.07. The van der Waals surface area contributed by atoms with Crippen LogP contribution in [0.15, 0.2) is 18.2 Å². The molecule has 0 aliphatic rings. The zero-order valence-electron chi connectivity index (χ0n) is 8.72. The highest BCUT2D eigenvalue weighted by Crippen LogP contribution is 2.36. The van der Waals surface area contributed by atoms with Crippen LogP contribution < -0.4 is 4.74 Å². The second-order valence-electron chi connectivity index (χ2n) is 3.40.